The fourth-order valence-electron chi connectivity index (χ4n) is 3.67. The van der Waals surface area contributed by atoms with Gasteiger partial charge in [0.2, 0.25) is 0 Å². The molecule has 0 bridgehead atoms. The van der Waals surface area contributed by atoms with Crippen LogP contribution in [0.2, 0.25) is 0 Å². The smallest absolute Gasteiger partial charge is 0.163 e. The number of benzene rings is 2. The summed E-state index contributed by atoms with van der Waals surface area (Å²) in [5, 5.41) is 3.39. The Morgan fingerprint density at radius 2 is 1.64 bits per heavy atom. The molecule has 5 nitrogen and oxygen atoms in total. The zero-order chi connectivity index (χ0) is 20.1. The monoisotopic (exact) mass is 385 g/mol. The Labute approximate surface area is 168 Å². The Kier molecular flexibility index (Phi) is 6.73. The minimum atomic E-state index is -0.665. The maximum atomic E-state index is 6.30. The molecule has 0 radical (unpaired) electrons. The summed E-state index contributed by atoms with van der Waals surface area (Å²) >= 11 is 0. The topological polar surface area (TPSA) is 49.0 Å². The molecule has 3 rings (SSSR count). The van der Waals surface area contributed by atoms with Gasteiger partial charge in [-0.05, 0) is 51.1 Å². The predicted octanol–water partition coefficient (Wildman–Crippen LogP) is 4.08. The van der Waals surface area contributed by atoms with Gasteiger partial charge in [-0.15, -0.1) is 0 Å². The Morgan fingerprint density at radius 3 is 2.25 bits per heavy atom. The summed E-state index contributed by atoms with van der Waals surface area (Å²) in [5.41, 5.74) is 2.26. The lowest BCUT2D eigenvalue weighted by Crippen LogP contribution is -2.42. The Morgan fingerprint density at radius 1 is 1.00 bits per heavy atom. The highest BCUT2D eigenvalue weighted by molar-refractivity contribution is 5.30. The van der Waals surface area contributed by atoms with Crippen LogP contribution >= 0.6 is 0 Å². The van der Waals surface area contributed by atoms with Crippen molar-refractivity contribution in [2.75, 3.05) is 14.2 Å². The number of methoxy groups -OCH3 is 1. The van der Waals surface area contributed by atoms with Crippen LogP contribution in [0.1, 0.15) is 37.9 Å². The zero-order valence-corrected chi connectivity index (χ0v) is 17.3. The molecule has 5 heteroatoms. The van der Waals surface area contributed by atoms with Crippen LogP contribution in [0.4, 0.5) is 0 Å². The van der Waals surface area contributed by atoms with E-state index in [9.17, 15) is 0 Å². The third-order valence-electron chi connectivity index (χ3n) is 5.10. The molecule has 1 N–H and O–H groups in total. The minimum absolute atomic E-state index is 0.0274. The van der Waals surface area contributed by atoms with E-state index in [0.29, 0.717) is 6.61 Å². The molecular formula is C23H31NO4. The van der Waals surface area contributed by atoms with Gasteiger partial charge in [0.1, 0.15) is 18.0 Å². The van der Waals surface area contributed by atoms with Gasteiger partial charge < -0.3 is 24.3 Å². The first-order valence-corrected chi connectivity index (χ1v) is 9.76. The largest absolute Gasteiger partial charge is 0.497 e. The molecular weight excluding hydrogens is 354 g/mol. The van der Waals surface area contributed by atoms with Crippen LogP contribution in [0.5, 0.6) is 5.75 Å². The van der Waals surface area contributed by atoms with Gasteiger partial charge >= 0.3 is 0 Å². The van der Waals surface area contributed by atoms with Gasteiger partial charge in [-0.3, -0.25) is 0 Å². The highest BCUT2D eigenvalue weighted by Crippen LogP contribution is 2.37. The predicted molar refractivity (Wildman–Crippen MR) is 109 cm³/mol. The van der Waals surface area contributed by atoms with Crippen molar-refractivity contribution in [3.05, 3.63) is 65.7 Å². The SMILES string of the molecule is CN[C@H](c1ccc(OC)cc1)[C@H]1OC(C)(C)O[C@@H]1[C@H](C)OCc1ccccc1. The molecule has 28 heavy (non-hydrogen) atoms. The zero-order valence-electron chi connectivity index (χ0n) is 17.3. The van der Waals surface area contributed by atoms with Gasteiger partial charge in [-0.25, -0.2) is 0 Å². The summed E-state index contributed by atoms with van der Waals surface area (Å²) < 4.78 is 24.0. The lowest BCUT2D eigenvalue weighted by molar-refractivity contribution is -0.159. The number of hydrogen-bond acceptors (Lipinski definition) is 5. The molecule has 2 aromatic carbocycles. The number of likely N-dealkylation sites (N-methyl/N-ethyl adjacent to an activating group) is 1. The molecule has 1 aliphatic heterocycles. The first kappa shape index (κ1) is 20.8. The fourth-order valence-corrected chi connectivity index (χ4v) is 3.67. The number of ether oxygens (including phenoxy) is 4. The molecule has 1 saturated heterocycles. The standard InChI is InChI=1S/C23H31NO4/c1-16(26-15-17-9-7-6-8-10-17)21-22(28-23(2,3)27-21)20(24-4)18-11-13-19(25-5)14-12-18/h6-14,16,20-22,24H,15H2,1-5H3/t16-,20+,21+,22+/m0/s1. The molecule has 0 aromatic heterocycles. The maximum absolute atomic E-state index is 6.30. The van der Waals surface area contributed by atoms with Crippen molar-refractivity contribution in [1.82, 2.24) is 5.32 Å². The van der Waals surface area contributed by atoms with Gasteiger partial charge in [0, 0.05) is 0 Å². The van der Waals surface area contributed by atoms with Gasteiger partial charge in [-0.1, -0.05) is 42.5 Å². The molecule has 1 heterocycles. The van der Waals surface area contributed by atoms with E-state index in [1.807, 2.05) is 58.2 Å². The Balaban J connectivity index is 1.75. The molecule has 0 saturated carbocycles. The quantitative estimate of drug-likeness (QED) is 0.742. The fraction of sp³-hybridized carbons (Fsp3) is 0.478. The van der Waals surface area contributed by atoms with Crippen molar-refractivity contribution < 1.29 is 18.9 Å². The minimum Gasteiger partial charge on any atom is -0.497 e. The summed E-state index contributed by atoms with van der Waals surface area (Å²) in [5.74, 6) is 0.167. The molecule has 0 amide bonds. The van der Waals surface area contributed by atoms with Crippen LogP contribution in [0.25, 0.3) is 0 Å². The van der Waals surface area contributed by atoms with Crippen LogP contribution in [0, 0.1) is 0 Å². The second-order valence-corrected chi connectivity index (χ2v) is 7.61. The highest BCUT2D eigenvalue weighted by Gasteiger charge is 2.47. The first-order valence-electron chi connectivity index (χ1n) is 9.76. The highest BCUT2D eigenvalue weighted by atomic mass is 16.8. The van der Waals surface area contributed by atoms with E-state index in [1.165, 1.54) is 0 Å². The second-order valence-electron chi connectivity index (χ2n) is 7.61. The van der Waals surface area contributed by atoms with E-state index in [4.69, 9.17) is 18.9 Å². The van der Waals surface area contributed by atoms with Gasteiger partial charge in [-0.2, -0.15) is 0 Å². The molecule has 2 aromatic rings. The third-order valence-corrected chi connectivity index (χ3v) is 5.10. The van der Waals surface area contributed by atoms with Crippen molar-refractivity contribution in [2.45, 2.75) is 57.5 Å². The van der Waals surface area contributed by atoms with Crippen LogP contribution < -0.4 is 10.1 Å². The van der Waals surface area contributed by atoms with Crippen molar-refractivity contribution in [1.29, 1.82) is 0 Å². The summed E-state index contributed by atoms with van der Waals surface area (Å²) in [6.07, 6.45) is -0.501. The average molecular weight is 386 g/mol. The van der Waals surface area contributed by atoms with Crippen LogP contribution in [-0.4, -0.2) is 38.3 Å². The molecule has 4 atom stereocenters. The second kappa shape index (κ2) is 9.05. The molecule has 1 aliphatic rings. The van der Waals surface area contributed by atoms with Crippen molar-refractivity contribution in [3.63, 3.8) is 0 Å². The molecule has 152 valence electrons. The van der Waals surface area contributed by atoms with E-state index in [1.54, 1.807) is 7.11 Å². The molecule has 1 fully saturated rings. The van der Waals surface area contributed by atoms with Crippen molar-refractivity contribution in [2.24, 2.45) is 0 Å². The van der Waals surface area contributed by atoms with Gasteiger partial charge in [0.25, 0.3) is 0 Å². The first-order chi connectivity index (χ1) is 13.4. The third kappa shape index (κ3) is 4.92. The van der Waals surface area contributed by atoms with Gasteiger partial charge in [0.05, 0.1) is 25.9 Å². The molecule has 0 spiro atoms. The Bertz CT molecular complexity index is 732. The van der Waals surface area contributed by atoms with E-state index in [2.05, 4.69) is 29.6 Å². The van der Waals surface area contributed by atoms with E-state index in [-0.39, 0.29) is 24.4 Å². The molecule has 0 aliphatic carbocycles. The van der Waals surface area contributed by atoms with Crippen LogP contribution in [-0.2, 0) is 20.8 Å². The van der Waals surface area contributed by atoms with E-state index < -0.39 is 5.79 Å². The van der Waals surface area contributed by atoms with Crippen LogP contribution in [0.15, 0.2) is 54.6 Å². The van der Waals surface area contributed by atoms with Gasteiger partial charge in [0.15, 0.2) is 5.79 Å². The summed E-state index contributed by atoms with van der Waals surface area (Å²) in [7, 11) is 3.61. The lowest BCUT2D eigenvalue weighted by atomic mass is 9.95. The van der Waals surface area contributed by atoms with E-state index >= 15 is 0 Å². The molecule has 0 unspecified atom stereocenters. The normalized spacial score (nSPS) is 23.3. The maximum Gasteiger partial charge on any atom is 0.163 e. The van der Waals surface area contributed by atoms with E-state index in [0.717, 1.165) is 16.9 Å². The number of hydrogen-bond donors (Lipinski definition) is 1. The number of nitrogens with one attached hydrogen (secondary N) is 1. The van der Waals surface area contributed by atoms with Crippen molar-refractivity contribution in [3.8, 4) is 5.75 Å². The summed E-state index contributed by atoms with van der Waals surface area (Å²) in [6, 6.07) is 18.2. The number of rotatable bonds is 8. The summed E-state index contributed by atoms with van der Waals surface area (Å²) in [6.45, 7) is 6.49. The van der Waals surface area contributed by atoms with Crippen LogP contribution in [0.3, 0.4) is 0 Å². The van der Waals surface area contributed by atoms with Crippen molar-refractivity contribution >= 4 is 0 Å². The lowest BCUT2D eigenvalue weighted by Gasteiger charge is -2.29. The summed E-state index contributed by atoms with van der Waals surface area (Å²) in [4.78, 5) is 0. The Hall–Kier alpha value is -1.92. The average Bonchev–Trinajstić information content (AvgIpc) is 3.03.